The molecule has 1 aliphatic heterocycles. The SMILES string of the molecule is O=C(N/C=C/C1CCCCC1)N1CCc2ccccc21. The van der Waals surface area contributed by atoms with Gasteiger partial charge in [0.25, 0.3) is 0 Å². The van der Waals surface area contributed by atoms with E-state index in [4.69, 9.17) is 0 Å². The number of para-hydroxylation sites is 1. The number of hydrogen-bond donors (Lipinski definition) is 1. The van der Waals surface area contributed by atoms with Crippen molar-refractivity contribution in [3.8, 4) is 0 Å². The Labute approximate surface area is 120 Å². The minimum absolute atomic E-state index is 0.0120. The molecule has 20 heavy (non-hydrogen) atoms. The van der Waals surface area contributed by atoms with Crippen LogP contribution in [-0.4, -0.2) is 12.6 Å². The van der Waals surface area contributed by atoms with Gasteiger partial charge in [-0.15, -0.1) is 0 Å². The Morgan fingerprint density at radius 2 is 2.00 bits per heavy atom. The summed E-state index contributed by atoms with van der Waals surface area (Å²) >= 11 is 0. The first kappa shape index (κ1) is 13.2. The molecule has 1 heterocycles. The number of allylic oxidation sites excluding steroid dienone is 1. The van der Waals surface area contributed by atoms with Crippen molar-refractivity contribution in [2.45, 2.75) is 38.5 Å². The maximum Gasteiger partial charge on any atom is 0.325 e. The molecule has 3 nitrogen and oxygen atoms in total. The first-order valence-corrected chi connectivity index (χ1v) is 7.67. The highest BCUT2D eigenvalue weighted by atomic mass is 16.2. The van der Waals surface area contributed by atoms with Crippen LogP contribution in [0.1, 0.15) is 37.7 Å². The first-order valence-electron chi connectivity index (χ1n) is 7.67. The molecular weight excluding hydrogens is 248 g/mol. The number of nitrogens with zero attached hydrogens (tertiary/aromatic N) is 1. The van der Waals surface area contributed by atoms with Gasteiger partial charge in [-0.25, -0.2) is 4.79 Å². The molecule has 1 N–H and O–H groups in total. The van der Waals surface area contributed by atoms with Gasteiger partial charge in [0.1, 0.15) is 0 Å². The Bertz CT molecular complexity index is 503. The Kier molecular flexibility index (Phi) is 4.05. The third-order valence-electron chi connectivity index (χ3n) is 4.36. The number of amides is 2. The van der Waals surface area contributed by atoms with Gasteiger partial charge in [0.05, 0.1) is 0 Å². The average molecular weight is 270 g/mol. The van der Waals surface area contributed by atoms with Gasteiger partial charge in [-0.3, -0.25) is 4.90 Å². The van der Waals surface area contributed by atoms with Crippen LogP contribution in [-0.2, 0) is 6.42 Å². The normalized spacial score (nSPS) is 19.3. The van der Waals surface area contributed by atoms with Gasteiger partial charge in [0.2, 0.25) is 0 Å². The number of rotatable bonds is 2. The van der Waals surface area contributed by atoms with E-state index < -0.39 is 0 Å². The molecule has 0 aromatic heterocycles. The summed E-state index contributed by atoms with van der Waals surface area (Å²) in [6, 6.07) is 8.13. The minimum atomic E-state index is -0.0120. The van der Waals surface area contributed by atoms with Crippen molar-refractivity contribution in [3.05, 3.63) is 42.1 Å². The molecule has 3 rings (SSSR count). The molecule has 2 amide bonds. The smallest absolute Gasteiger partial charge is 0.315 e. The fourth-order valence-corrected chi connectivity index (χ4v) is 3.21. The molecule has 2 aliphatic rings. The Hall–Kier alpha value is -1.77. The van der Waals surface area contributed by atoms with Crippen molar-refractivity contribution in [2.24, 2.45) is 5.92 Å². The van der Waals surface area contributed by atoms with E-state index in [0.29, 0.717) is 5.92 Å². The highest BCUT2D eigenvalue weighted by Gasteiger charge is 2.23. The zero-order valence-electron chi connectivity index (χ0n) is 11.8. The van der Waals surface area contributed by atoms with Crippen molar-refractivity contribution < 1.29 is 4.79 Å². The van der Waals surface area contributed by atoms with Crippen LogP contribution in [0.2, 0.25) is 0 Å². The predicted molar refractivity (Wildman–Crippen MR) is 81.7 cm³/mol. The van der Waals surface area contributed by atoms with Crippen LogP contribution in [0.5, 0.6) is 0 Å². The third kappa shape index (κ3) is 2.87. The molecule has 3 heteroatoms. The maximum atomic E-state index is 12.2. The van der Waals surface area contributed by atoms with Gasteiger partial charge in [0, 0.05) is 18.4 Å². The molecule has 0 saturated heterocycles. The Morgan fingerprint density at radius 1 is 1.20 bits per heavy atom. The molecule has 0 radical (unpaired) electrons. The molecule has 0 bridgehead atoms. The van der Waals surface area contributed by atoms with Gasteiger partial charge >= 0.3 is 6.03 Å². The number of anilines is 1. The quantitative estimate of drug-likeness (QED) is 0.869. The summed E-state index contributed by atoms with van der Waals surface area (Å²) in [5, 5.41) is 2.92. The van der Waals surface area contributed by atoms with Crippen LogP contribution in [0.3, 0.4) is 0 Å². The van der Waals surface area contributed by atoms with E-state index >= 15 is 0 Å². The van der Waals surface area contributed by atoms with Crippen LogP contribution in [0.25, 0.3) is 0 Å². The van der Waals surface area contributed by atoms with Gasteiger partial charge < -0.3 is 5.32 Å². The molecule has 1 fully saturated rings. The van der Waals surface area contributed by atoms with Crippen molar-refractivity contribution in [3.63, 3.8) is 0 Å². The lowest BCUT2D eigenvalue weighted by Crippen LogP contribution is -2.36. The van der Waals surface area contributed by atoms with Gasteiger partial charge in [-0.1, -0.05) is 43.5 Å². The first-order chi connectivity index (χ1) is 9.84. The Balaban J connectivity index is 1.56. The van der Waals surface area contributed by atoms with Crippen LogP contribution < -0.4 is 10.2 Å². The van der Waals surface area contributed by atoms with E-state index in [0.717, 1.165) is 18.7 Å². The standard InChI is InChI=1S/C17H22N2O/c20-17(18-12-10-14-6-2-1-3-7-14)19-13-11-15-8-4-5-9-16(15)19/h4-5,8-10,12,14H,1-3,6-7,11,13H2,(H,18,20)/b12-10+. The molecule has 1 aliphatic carbocycles. The zero-order valence-corrected chi connectivity index (χ0v) is 11.8. The second-order valence-corrected chi connectivity index (χ2v) is 5.74. The summed E-state index contributed by atoms with van der Waals surface area (Å²) in [5.41, 5.74) is 2.31. The van der Waals surface area contributed by atoms with Crippen molar-refractivity contribution >= 4 is 11.7 Å². The largest absolute Gasteiger partial charge is 0.325 e. The lowest BCUT2D eigenvalue weighted by atomic mass is 9.89. The van der Waals surface area contributed by atoms with Crippen LogP contribution >= 0.6 is 0 Å². The molecule has 0 spiro atoms. The fourth-order valence-electron chi connectivity index (χ4n) is 3.21. The van der Waals surface area contributed by atoms with Gasteiger partial charge in [-0.2, -0.15) is 0 Å². The summed E-state index contributed by atoms with van der Waals surface area (Å²) in [6.45, 7) is 0.780. The molecule has 1 aromatic carbocycles. The summed E-state index contributed by atoms with van der Waals surface area (Å²) in [6.07, 6.45) is 11.5. The molecule has 1 saturated carbocycles. The molecule has 106 valence electrons. The van der Waals surface area contributed by atoms with Crippen LogP contribution in [0.4, 0.5) is 10.5 Å². The lowest BCUT2D eigenvalue weighted by Gasteiger charge is -2.19. The summed E-state index contributed by atoms with van der Waals surface area (Å²) in [4.78, 5) is 14.0. The Morgan fingerprint density at radius 3 is 2.85 bits per heavy atom. The van der Waals surface area contributed by atoms with Gasteiger partial charge in [0.15, 0.2) is 0 Å². The summed E-state index contributed by atoms with van der Waals surface area (Å²) < 4.78 is 0. The molecular formula is C17H22N2O. The third-order valence-corrected chi connectivity index (χ3v) is 4.36. The number of hydrogen-bond acceptors (Lipinski definition) is 1. The van der Waals surface area contributed by atoms with E-state index in [1.165, 1.54) is 37.7 Å². The topological polar surface area (TPSA) is 32.3 Å². The number of carbonyl (C=O) groups is 1. The van der Waals surface area contributed by atoms with Crippen LogP contribution in [0.15, 0.2) is 36.5 Å². The molecule has 0 unspecified atom stereocenters. The van der Waals surface area contributed by atoms with Crippen molar-refractivity contribution in [1.82, 2.24) is 5.32 Å². The fraction of sp³-hybridized carbons (Fsp3) is 0.471. The number of carbonyl (C=O) groups excluding carboxylic acids is 1. The second kappa shape index (κ2) is 6.12. The van der Waals surface area contributed by atoms with Crippen LogP contribution in [0, 0.1) is 5.92 Å². The number of benzene rings is 1. The summed E-state index contributed by atoms with van der Waals surface area (Å²) in [5.74, 6) is 0.648. The monoisotopic (exact) mass is 270 g/mol. The van der Waals surface area contributed by atoms with E-state index in [1.807, 2.05) is 29.3 Å². The van der Waals surface area contributed by atoms with Gasteiger partial charge in [-0.05, 0) is 36.8 Å². The number of nitrogens with one attached hydrogen (secondary N) is 1. The highest BCUT2D eigenvalue weighted by molar-refractivity contribution is 5.94. The predicted octanol–water partition coefficient (Wildman–Crippen LogP) is 3.85. The minimum Gasteiger partial charge on any atom is -0.315 e. The van der Waals surface area contributed by atoms with E-state index in [-0.39, 0.29) is 6.03 Å². The van der Waals surface area contributed by atoms with E-state index in [2.05, 4.69) is 17.5 Å². The second-order valence-electron chi connectivity index (χ2n) is 5.74. The molecule has 0 atom stereocenters. The maximum absolute atomic E-state index is 12.2. The average Bonchev–Trinajstić information content (AvgIpc) is 2.92. The van der Waals surface area contributed by atoms with E-state index in [1.54, 1.807) is 0 Å². The lowest BCUT2D eigenvalue weighted by molar-refractivity contribution is 0.250. The van der Waals surface area contributed by atoms with Crippen molar-refractivity contribution in [1.29, 1.82) is 0 Å². The highest BCUT2D eigenvalue weighted by Crippen LogP contribution is 2.27. The van der Waals surface area contributed by atoms with E-state index in [9.17, 15) is 4.79 Å². The van der Waals surface area contributed by atoms with Crippen molar-refractivity contribution in [2.75, 3.05) is 11.4 Å². The zero-order chi connectivity index (χ0) is 13.8. The summed E-state index contributed by atoms with van der Waals surface area (Å²) in [7, 11) is 0. The number of fused-ring (bicyclic) bond motifs is 1. The molecule has 1 aromatic rings. The number of urea groups is 1.